The van der Waals surface area contributed by atoms with Crippen molar-refractivity contribution in [2.45, 2.75) is 24.8 Å². The molecule has 1 aromatic rings. The van der Waals surface area contributed by atoms with E-state index >= 15 is 0 Å². The summed E-state index contributed by atoms with van der Waals surface area (Å²) >= 11 is 0. The van der Waals surface area contributed by atoms with E-state index in [1.807, 2.05) is 0 Å². The van der Waals surface area contributed by atoms with Crippen molar-refractivity contribution in [1.82, 2.24) is 14.9 Å². The van der Waals surface area contributed by atoms with Gasteiger partial charge >= 0.3 is 5.97 Å². The number of esters is 1. The molecule has 0 atom stereocenters. The highest BCUT2D eigenvalue weighted by Crippen LogP contribution is 2.13. The molecule has 0 saturated carbocycles. The van der Waals surface area contributed by atoms with E-state index in [4.69, 9.17) is 9.47 Å². The van der Waals surface area contributed by atoms with Gasteiger partial charge in [0.1, 0.15) is 5.56 Å². The van der Waals surface area contributed by atoms with Gasteiger partial charge in [-0.25, -0.2) is 17.9 Å². The van der Waals surface area contributed by atoms with Gasteiger partial charge in [0, 0.05) is 20.3 Å². The summed E-state index contributed by atoms with van der Waals surface area (Å²) in [7, 11) is -2.22. The largest absolute Gasteiger partial charge is 0.462 e. The fraction of sp³-hybridized carbons (Fsp3) is 0.636. The Bertz CT molecular complexity index is 526. The highest BCUT2D eigenvalue weighted by Gasteiger charge is 2.25. The number of nitrogens with one attached hydrogen (secondary N) is 2. The average molecular weight is 305 g/mol. The zero-order valence-corrected chi connectivity index (χ0v) is 12.3. The van der Waals surface area contributed by atoms with E-state index in [1.165, 1.54) is 0 Å². The van der Waals surface area contributed by atoms with Gasteiger partial charge in [-0.05, 0) is 19.8 Å². The molecule has 1 rings (SSSR count). The van der Waals surface area contributed by atoms with E-state index in [0.29, 0.717) is 13.0 Å². The van der Waals surface area contributed by atoms with Crippen molar-refractivity contribution >= 4 is 16.0 Å². The Morgan fingerprint density at radius 3 is 2.85 bits per heavy atom. The van der Waals surface area contributed by atoms with Crippen LogP contribution in [0.2, 0.25) is 0 Å². The van der Waals surface area contributed by atoms with Crippen LogP contribution in [-0.2, 0) is 19.5 Å². The number of nitrogens with zero attached hydrogens (tertiary/aromatic N) is 1. The molecule has 1 heterocycles. The molecule has 0 aliphatic carbocycles. The highest BCUT2D eigenvalue weighted by molar-refractivity contribution is 7.89. The van der Waals surface area contributed by atoms with E-state index in [1.54, 1.807) is 14.0 Å². The second-order valence-electron chi connectivity index (χ2n) is 3.93. The number of H-pyrrole nitrogens is 1. The van der Waals surface area contributed by atoms with Crippen molar-refractivity contribution in [1.29, 1.82) is 0 Å². The molecule has 0 amide bonds. The molecule has 0 fully saturated rings. The number of ether oxygens (including phenoxy) is 2. The lowest BCUT2D eigenvalue weighted by Gasteiger charge is -2.06. The first-order valence-corrected chi connectivity index (χ1v) is 7.70. The molecule has 20 heavy (non-hydrogen) atoms. The third-order valence-corrected chi connectivity index (χ3v) is 3.87. The molecule has 0 spiro atoms. The van der Waals surface area contributed by atoms with Crippen LogP contribution >= 0.6 is 0 Å². The maximum atomic E-state index is 12.0. The topological polar surface area (TPSA) is 110 Å². The molecular weight excluding hydrogens is 286 g/mol. The number of unbranched alkanes of at least 4 members (excludes halogenated alkanes) is 1. The van der Waals surface area contributed by atoms with Crippen molar-refractivity contribution in [2.24, 2.45) is 0 Å². The lowest BCUT2D eigenvalue weighted by Crippen LogP contribution is -2.27. The number of carbonyl (C=O) groups excluding carboxylic acids is 1. The SMILES string of the molecule is CCOC(=O)c1cn[nH]c1S(=O)(=O)NCCCCOC. The molecule has 9 heteroatoms. The van der Waals surface area contributed by atoms with Gasteiger partial charge in [0.25, 0.3) is 10.0 Å². The zero-order chi connectivity index (χ0) is 15.0. The minimum Gasteiger partial charge on any atom is -0.462 e. The molecule has 2 N–H and O–H groups in total. The fourth-order valence-corrected chi connectivity index (χ4v) is 2.64. The Kier molecular flexibility index (Phi) is 6.62. The zero-order valence-electron chi connectivity index (χ0n) is 11.5. The van der Waals surface area contributed by atoms with Crippen molar-refractivity contribution in [3.8, 4) is 0 Å². The maximum absolute atomic E-state index is 12.0. The molecule has 0 bridgehead atoms. The van der Waals surface area contributed by atoms with Crippen LogP contribution in [-0.4, -0.2) is 51.5 Å². The van der Waals surface area contributed by atoms with Gasteiger partial charge in [-0.1, -0.05) is 0 Å². The summed E-state index contributed by atoms with van der Waals surface area (Å²) in [4.78, 5) is 11.6. The Balaban J connectivity index is 2.68. The van der Waals surface area contributed by atoms with Crippen LogP contribution in [0.1, 0.15) is 30.1 Å². The molecule has 0 unspecified atom stereocenters. The number of rotatable bonds is 9. The molecule has 0 aliphatic heterocycles. The van der Waals surface area contributed by atoms with Gasteiger partial charge < -0.3 is 9.47 Å². The fourth-order valence-electron chi connectivity index (χ4n) is 1.48. The summed E-state index contributed by atoms with van der Waals surface area (Å²) in [5, 5.41) is 5.62. The Morgan fingerprint density at radius 1 is 1.45 bits per heavy atom. The second kappa shape index (κ2) is 7.98. The van der Waals surface area contributed by atoms with E-state index in [2.05, 4.69) is 14.9 Å². The first-order chi connectivity index (χ1) is 9.53. The number of methoxy groups -OCH3 is 1. The van der Waals surface area contributed by atoms with E-state index in [-0.39, 0.29) is 23.7 Å². The van der Waals surface area contributed by atoms with E-state index < -0.39 is 16.0 Å². The number of aromatic nitrogens is 2. The Labute approximate surface area is 117 Å². The molecule has 0 aromatic carbocycles. The van der Waals surface area contributed by atoms with Crippen LogP contribution in [0.3, 0.4) is 0 Å². The van der Waals surface area contributed by atoms with Crippen LogP contribution in [0.25, 0.3) is 0 Å². The smallest absolute Gasteiger partial charge is 0.342 e. The van der Waals surface area contributed by atoms with Gasteiger partial charge in [0.05, 0.1) is 12.8 Å². The quantitative estimate of drug-likeness (QED) is 0.501. The van der Waals surface area contributed by atoms with Gasteiger partial charge in [0.2, 0.25) is 0 Å². The molecule has 1 aromatic heterocycles. The first-order valence-electron chi connectivity index (χ1n) is 6.22. The molecule has 0 radical (unpaired) electrons. The maximum Gasteiger partial charge on any atom is 0.342 e. The summed E-state index contributed by atoms with van der Waals surface area (Å²) in [5.74, 6) is -0.721. The molecular formula is C11H19N3O5S. The Hall–Kier alpha value is -1.45. The lowest BCUT2D eigenvalue weighted by molar-refractivity contribution is 0.0522. The van der Waals surface area contributed by atoms with Crippen LogP contribution in [0.15, 0.2) is 11.2 Å². The van der Waals surface area contributed by atoms with E-state index in [9.17, 15) is 13.2 Å². The minimum atomic E-state index is -3.81. The van der Waals surface area contributed by atoms with E-state index in [0.717, 1.165) is 12.6 Å². The van der Waals surface area contributed by atoms with Crippen molar-refractivity contribution in [3.05, 3.63) is 11.8 Å². The summed E-state index contributed by atoms with van der Waals surface area (Å²) in [5.41, 5.74) is -0.101. The minimum absolute atomic E-state index is 0.101. The van der Waals surface area contributed by atoms with Crippen molar-refractivity contribution < 1.29 is 22.7 Å². The molecule has 0 saturated heterocycles. The summed E-state index contributed by atoms with van der Waals surface area (Å²) in [6, 6.07) is 0. The number of aromatic amines is 1. The standard InChI is InChI=1S/C11H19N3O5S/c1-3-19-11(15)9-8-12-14-10(9)20(16,17)13-6-4-5-7-18-2/h8,13H,3-7H2,1-2H3,(H,12,14). The third kappa shape index (κ3) is 4.58. The monoisotopic (exact) mass is 305 g/mol. The first kappa shape index (κ1) is 16.6. The van der Waals surface area contributed by atoms with Crippen molar-refractivity contribution in [2.75, 3.05) is 26.9 Å². The summed E-state index contributed by atoms with van der Waals surface area (Å²) in [6.07, 6.45) is 2.51. The average Bonchev–Trinajstić information content (AvgIpc) is 2.89. The Morgan fingerprint density at radius 2 is 2.20 bits per heavy atom. The molecule has 0 aliphatic rings. The van der Waals surface area contributed by atoms with Crippen LogP contribution < -0.4 is 4.72 Å². The van der Waals surface area contributed by atoms with Gasteiger partial charge in [-0.3, -0.25) is 5.10 Å². The second-order valence-corrected chi connectivity index (χ2v) is 5.63. The van der Waals surface area contributed by atoms with Gasteiger partial charge in [-0.2, -0.15) is 5.10 Å². The predicted molar refractivity (Wildman–Crippen MR) is 70.8 cm³/mol. The van der Waals surface area contributed by atoms with Gasteiger partial charge in [0.15, 0.2) is 5.03 Å². The number of carbonyl (C=O) groups is 1. The number of sulfonamides is 1. The summed E-state index contributed by atoms with van der Waals surface area (Å²) in [6.45, 7) is 2.63. The normalized spacial score (nSPS) is 11.5. The summed E-state index contributed by atoms with van der Waals surface area (Å²) < 4.78 is 36.1. The highest BCUT2D eigenvalue weighted by atomic mass is 32.2. The van der Waals surface area contributed by atoms with Gasteiger partial charge in [-0.15, -0.1) is 0 Å². The lowest BCUT2D eigenvalue weighted by atomic mass is 10.3. The van der Waals surface area contributed by atoms with Crippen LogP contribution in [0.4, 0.5) is 0 Å². The molecule has 8 nitrogen and oxygen atoms in total. The van der Waals surface area contributed by atoms with Crippen LogP contribution in [0, 0.1) is 0 Å². The number of hydrogen-bond acceptors (Lipinski definition) is 6. The predicted octanol–water partition coefficient (Wildman–Crippen LogP) is 0.291. The third-order valence-electron chi connectivity index (χ3n) is 2.44. The molecule has 114 valence electrons. The number of hydrogen-bond donors (Lipinski definition) is 2. The van der Waals surface area contributed by atoms with Crippen molar-refractivity contribution in [3.63, 3.8) is 0 Å². The van der Waals surface area contributed by atoms with Crippen LogP contribution in [0.5, 0.6) is 0 Å².